The van der Waals surface area contributed by atoms with Gasteiger partial charge >= 0.3 is 0 Å². The monoisotopic (exact) mass is 256 g/mol. The number of benzene rings is 2. The lowest BCUT2D eigenvalue weighted by Crippen LogP contribution is -2.13. The molecule has 1 heterocycles. The highest BCUT2D eigenvalue weighted by atomic mass is 19.1. The number of aromatic nitrogens is 3. The summed E-state index contributed by atoms with van der Waals surface area (Å²) in [6.45, 7) is 0. The molecular formula is C13H9FN4O. The van der Waals surface area contributed by atoms with E-state index in [1.165, 1.54) is 0 Å². The first-order chi connectivity index (χ1) is 9.18. The third-order valence-corrected chi connectivity index (χ3v) is 2.90. The van der Waals surface area contributed by atoms with Gasteiger partial charge in [-0.15, -0.1) is 0 Å². The number of hydrogen-bond acceptors (Lipinski definition) is 3. The zero-order chi connectivity index (χ0) is 13.4. The molecule has 1 amide bonds. The Morgan fingerprint density at radius 2 is 1.95 bits per heavy atom. The van der Waals surface area contributed by atoms with Crippen molar-refractivity contribution in [2.24, 2.45) is 5.73 Å². The maximum Gasteiger partial charge on any atom is 0.271 e. The Kier molecular flexibility index (Phi) is 2.49. The van der Waals surface area contributed by atoms with Crippen molar-refractivity contribution >= 4 is 16.7 Å². The van der Waals surface area contributed by atoms with Crippen molar-refractivity contribution in [3.05, 3.63) is 47.9 Å². The number of fused-ring (bicyclic) bond motifs is 1. The van der Waals surface area contributed by atoms with E-state index in [4.69, 9.17) is 5.73 Å². The molecule has 3 rings (SSSR count). The van der Waals surface area contributed by atoms with E-state index in [0.29, 0.717) is 5.39 Å². The van der Waals surface area contributed by atoms with Crippen molar-refractivity contribution in [2.75, 3.05) is 0 Å². The molecule has 0 atom stereocenters. The number of aromatic amines is 1. The van der Waals surface area contributed by atoms with Gasteiger partial charge in [-0.2, -0.15) is 15.4 Å². The van der Waals surface area contributed by atoms with Gasteiger partial charge in [-0.05, 0) is 11.5 Å². The number of primary amides is 1. The number of nitrogens with two attached hydrogens (primary N) is 1. The second-order valence-electron chi connectivity index (χ2n) is 4.03. The second-order valence-corrected chi connectivity index (χ2v) is 4.03. The minimum Gasteiger partial charge on any atom is -0.364 e. The SMILES string of the molecule is NC(=O)c1n[nH]nc1-c1ccc2ccccc2c1F. The lowest BCUT2D eigenvalue weighted by Gasteiger charge is -2.04. The first kappa shape index (κ1) is 11.3. The molecule has 0 saturated carbocycles. The Labute approximate surface area is 107 Å². The van der Waals surface area contributed by atoms with Crippen molar-refractivity contribution in [3.63, 3.8) is 0 Å². The van der Waals surface area contributed by atoms with Gasteiger partial charge in [0.25, 0.3) is 5.91 Å². The van der Waals surface area contributed by atoms with Crippen LogP contribution in [0.1, 0.15) is 10.5 Å². The Morgan fingerprint density at radius 3 is 2.74 bits per heavy atom. The van der Waals surface area contributed by atoms with Crippen molar-refractivity contribution in [3.8, 4) is 11.3 Å². The van der Waals surface area contributed by atoms with Crippen molar-refractivity contribution in [1.29, 1.82) is 0 Å². The molecule has 0 saturated heterocycles. The van der Waals surface area contributed by atoms with E-state index < -0.39 is 11.7 Å². The average molecular weight is 256 g/mol. The van der Waals surface area contributed by atoms with Crippen LogP contribution in [0.5, 0.6) is 0 Å². The van der Waals surface area contributed by atoms with Gasteiger partial charge in [-0.1, -0.05) is 30.3 Å². The minimum absolute atomic E-state index is 0.0748. The van der Waals surface area contributed by atoms with Crippen LogP contribution in [0.4, 0.5) is 4.39 Å². The van der Waals surface area contributed by atoms with E-state index in [1.54, 1.807) is 30.3 Å². The summed E-state index contributed by atoms with van der Waals surface area (Å²) in [6, 6.07) is 10.4. The fourth-order valence-electron chi connectivity index (χ4n) is 2.01. The lowest BCUT2D eigenvalue weighted by atomic mass is 10.0. The molecule has 19 heavy (non-hydrogen) atoms. The number of halogens is 1. The molecule has 0 aliphatic rings. The van der Waals surface area contributed by atoms with Gasteiger partial charge in [0.05, 0.1) is 0 Å². The predicted molar refractivity (Wildman–Crippen MR) is 67.8 cm³/mol. The van der Waals surface area contributed by atoms with E-state index >= 15 is 0 Å². The summed E-state index contributed by atoms with van der Waals surface area (Å²) in [5.41, 5.74) is 5.42. The molecule has 0 bridgehead atoms. The Bertz CT molecular complexity index is 781. The van der Waals surface area contributed by atoms with Gasteiger partial charge in [0.2, 0.25) is 0 Å². The summed E-state index contributed by atoms with van der Waals surface area (Å²) in [5, 5.41) is 10.9. The van der Waals surface area contributed by atoms with Crippen LogP contribution >= 0.6 is 0 Å². The van der Waals surface area contributed by atoms with Crippen molar-refractivity contribution in [1.82, 2.24) is 15.4 Å². The van der Waals surface area contributed by atoms with Gasteiger partial charge in [-0.3, -0.25) is 4.79 Å². The smallest absolute Gasteiger partial charge is 0.271 e. The molecule has 2 aromatic carbocycles. The quantitative estimate of drug-likeness (QED) is 0.734. The van der Waals surface area contributed by atoms with E-state index in [2.05, 4.69) is 15.4 Å². The van der Waals surface area contributed by atoms with Crippen LogP contribution in [-0.2, 0) is 0 Å². The molecule has 0 spiro atoms. The van der Waals surface area contributed by atoms with Gasteiger partial charge in [0.15, 0.2) is 5.69 Å². The largest absolute Gasteiger partial charge is 0.364 e. The number of amides is 1. The summed E-state index contributed by atoms with van der Waals surface area (Å²) in [4.78, 5) is 11.2. The summed E-state index contributed by atoms with van der Waals surface area (Å²) in [5.74, 6) is -1.20. The zero-order valence-corrected chi connectivity index (χ0v) is 9.72. The number of hydrogen-bond donors (Lipinski definition) is 2. The zero-order valence-electron chi connectivity index (χ0n) is 9.72. The van der Waals surface area contributed by atoms with Crippen LogP contribution in [-0.4, -0.2) is 21.3 Å². The van der Waals surface area contributed by atoms with Crippen LogP contribution in [0, 0.1) is 5.82 Å². The summed E-state index contributed by atoms with van der Waals surface area (Å²) >= 11 is 0. The van der Waals surface area contributed by atoms with Crippen LogP contribution in [0.15, 0.2) is 36.4 Å². The third-order valence-electron chi connectivity index (χ3n) is 2.90. The van der Waals surface area contributed by atoms with Crippen LogP contribution < -0.4 is 5.73 Å². The van der Waals surface area contributed by atoms with Crippen molar-refractivity contribution < 1.29 is 9.18 Å². The van der Waals surface area contributed by atoms with Crippen LogP contribution in [0.3, 0.4) is 0 Å². The number of rotatable bonds is 2. The standard InChI is InChI=1S/C13H9FN4O/c14-10-8-4-2-1-3-7(8)5-6-9(10)11-12(13(15)19)17-18-16-11/h1-6H,(H2,15,19)(H,16,17,18). The molecule has 0 aliphatic heterocycles. The highest BCUT2D eigenvalue weighted by Gasteiger charge is 2.19. The highest BCUT2D eigenvalue weighted by molar-refractivity contribution is 5.98. The van der Waals surface area contributed by atoms with Crippen LogP contribution in [0.2, 0.25) is 0 Å². The Morgan fingerprint density at radius 1 is 1.16 bits per heavy atom. The molecule has 6 heteroatoms. The Balaban J connectivity index is 2.28. The fourth-order valence-corrected chi connectivity index (χ4v) is 2.01. The first-order valence-corrected chi connectivity index (χ1v) is 5.56. The molecule has 0 fully saturated rings. The lowest BCUT2D eigenvalue weighted by molar-refractivity contribution is 0.0996. The number of H-pyrrole nitrogens is 1. The third kappa shape index (κ3) is 1.74. The molecule has 3 aromatic rings. The molecule has 1 aromatic heterocycles. The molecular weight excluding hydrogens is 247 g/mol. The van der Waals surface area contributed by atoms with E-state index in [-0.39, 0.29) is 17.0 Å². The second kappa shape index (κ2) is 4.16. The minimum atomic E-state index is -0.753. The number of carbonyl (C=O) groups is 1. The fraction of sp³-hybridized carbons (Fsp3) is 0. The molecule has 94 valence electrons. The molecule has 0 radical (unpaired) electrons. The topological polar surface area (TPSA) is 84.7 Å². The normalized spacial score (nSPS) is 10.8. The first-order valence-electron chi connectivity index (χ1n) is 5.56. The van der Waals surface area contributed by atoms with E-state index in [9.17, 15) is 9.18 Å². The number of nitrogens with zero attached hydrogens (tertiary/aromatic N) is 2. The Hall–Kier alpha value is -2.76. The van der Waals surface area contributed by atoms with Crippen molar-refractivity contribution in [2.45, 2.75) is 0 Å². The maximum atomic E-state index is 14.4. The summed E-state index contributed by atoms with van der Waals surface area (Å²) < 4.78 is 14.4. The molecule has 3 N–H and O–H groups in total. The van der Waals surface area contributed by atoms with E-state index in [0.717, 1.165) is 5.39 Å². The predicted octanol–water partition coefficient (Wildman–Crippen LogP) is 1.86. The maximum absolute atomic E-state index is 14.4. The molecule has 0 aliphatic carbocycles. The van der Waals surface area contributed by atoms with E-state index in [1.807, 2.05) is 6.07 Å². The van der Waals surface area contributed by atoms with Gasteiger partial charge in [0, 0.05) is 10.9 Å². The molecule has 0 unspecified atom stereocenters. The molecule has 5 nitrogen and oxygen atoms in total. The number of nitrogens with one attached hydrogen (secondary N) is 1. The number of carbonyl (C=O) groups excluding carboxylic acids is 1. The summed E-state index contributed by atoms with van der Waals surface area (Å²) in [6.07, 6.45) is 0. The highest BCUT2D eigenvalue weighted by Crippen LogP contribution is 2.28. The summed E-state index contributed by atoms with van der Waals surface area (Å²) in [7, 11) is 0. The van der Waals surface area contributed by atoms with Gasteiger partial charge in [-0.25, -0.2) is 4.39 Å². The average Bonchev–Trinajstić information content (AvgIpc) is 2.89. The van der Waals surface area contributed by atoms with Gasteiger partial charge < -0.3 is 5.73 Å². The van der Waals surface area contributed by atoms with Gasteiger partial charge in [0.1, 0.15) is 11.5 Å². The van der Waals surface area contributed by atoms with Crippen LogP contribution in [0.25, 0.3) is 22.0 Å².